The van der Waals surface area contributed by atoms with Crippen molar-refractivity contribution in [2.75, 3.05) is 42.2 Å². The topological polar surface area (TPSA) is 90.5 Å². The van der Waals surface area contributed by atoms with Gasteiger partial charge in [-0.25, -0.2) is 14.4 Å². The van der Waals surface area contributed by atoms with Crippen molar-refractivity contribution in [1.29, 1.82) is 0 Å². The zero-order valence-corrected chi connectivity index (χ0v) is 23.9. The summed E-state index contributed by atoms with van der Waals surface area (Å²) in [4.78, 5) is 38.5. The molecule has 8 nitrogen and oxygen atoms in total. The second kappa shape index (κ2) is 11.4. The van der Waals surface area contributed by atoms with Crippen LogP contribution in [0.15, 0.2) is 42.7 Å². The number of halogens is 2. The van der Waals surface area contributed by atoms with Crippen molar-refractivity contribution in [3.63, 3.8) is 0 Å². The van der Waals surface area contributed by atoms with E-state index in [1.165, 1.54) is 6.07 Å². The van der Waals surface area contributed by atoms with E-state index in [9.17, 15) is 9.59 Å². The van der Waals surface area contributed by atoms with E-state index >= 15 is 4.39 Å². The van der Waals surface area contributed by atoms with Gasteiger partial charge in [-0.1, -0.05) is 37.6 Å². The summed E-state index contributed by atoms with van der Waals surface area (Å²) in [6.07, 6.45) is 5.18. The van der Waals surface area contributed by atoms with Crippen LogP contribution in [0.1, 0.15) is 59.7 Å². The van der Waals surface area contributed by atoms with Crippen molar-refractivity contribution >= 4 is 40.7 Å². The van der Waals surface area contributed by atoms with Gasteiger partial charge in [0.15, 0.2) is 0 Å². The van der Waals surface area contributed by atoms with Gasteiger partial charge in [-0.3, -0.25) is 14.5 Å². The van der Waals surface area contributed by atoms with Crippen LogP contribution in [-0.2, 0) is 4.79 Å². The molecule has 2 amide bonds. The number of pyridine rings is 2. The van der Waals surface area contributed by atoms with Crippen molar-refractivity contribution < 1.29 is 14.0 Å². The van der Waals surface area contributed by atoms with Gasteiger partial charge in [0.25, 0.3) is 5.91 Å². The zero-order valence-electron chi connectivity index (χ0n) is 23.2. The Bertz CT molecular complexity index is 1420. The Balaban J connectivity index is 0.00000158. The minimum absolute atomic E-state index is 0.0314. The summed E-state index contributed by atoms with van der Waals surface area (Å²) in [6.45, 7) is 7.35. The summed E-state index contributed by atoms with van der Waals surface area (Å²) in [5.74, 6) is 0.319. The Morgan fingerprint density at radius 3 is 2.48 bits per heavy atom. The molecule has 40 heavy (non-hydrogen) atoms. The maximum Gasteiger partial charge on any atom is 0.261 e. The fourth-order valence-electron chi connectivity index (χ4n) is 5.36. The highest BCUT2D eigenvalue weighted by atomic mass is 35.5. The van der Waals surface area contributed by atoms with Gasteiger partial charge in [-0.05, 0) is 54.7 Å². The first-order chi connectivity index (χ1) is 19.4. The molecule has 3 aromatic rings. The number of nitrogens with zero attached hydrogens (tertiary/aromatic N) is 4. The number of carbonyl (C=O) groups excluding carboxylic acids is 2. The normalized spacial score (nSPS) is 18.4. The predicted molar refractivity (Wildman–Crippen MR) is 156 cm³/mol. The summed E-state index contributed by atoms with van der Waals surface area (Å²) in [6, 6.07) is 8.63. The molecule has 1 saturated heterocycles. The molecule has 1 aliphatic carbocycles. The maximum absolute atomic E-state index is 15.4. The van der Waals surface area contributed by atoms with Gasteiger partial charge >= 0.3 is 0 Å². The molecule has 0 bridgehead atoms. The molecule has 4 heterocycles. The van der Waals surface area contributed by atoms with Crippen LogP contribution < -0.4 is 15.5 Å². The third-order valence-corrected chi connectivity index (χ3v) is 7.98. The van der Waals surface area contributed by atoms with Crippen LogP contribution in [0.25, 0.3) is 0 Å². The van der Waals surface area contributed by atoms with Gasteiger partial charge in [0, 0.05) is 44.7 Å². The van der Waals surface area contributed by atoms with Gasteiger partial charge in [-0.15, -0.1) is 0 Å². The smallest absolute Gasteiger partial charge is 0.261 e. The number of carbonyl (C=O) groups is 2. The van der Waals surface area contributed by atoms with Gasteiger partial charge < -0.3 is 15.5 Å². The number of hydrogen-bond acceptors (Lipinski definition) is 6. The number of hydrogen-bond donors (Lipinski definition) is 2. The molecular formula is C30H34ClFN6O2. The minimum Gasteiger partial charge on any atom is -0.387 e. The number of rotatable bonds is 6. The Labute approximate surface area is 238 Å². The Morgan fingerprint density at radius 1 is 1.07 bits per heavy atom. The lowest BCUT2D eigenvalue weighted by atomic mass is 9.82. The largest absolute Gasteiger partial charge is 0.387 e. The first-order valence-corrected chi connectivity index (χ1v) is 14.2. The van der Waals surface area contributed by atoms with E-state index in [4.69, 9.17) is 11.6 Å². The standard InChI is InChI=1S/C28H28ClFN6O2.C2H6/c1-15-24-20(11-33-26(15)34-18-12-35(13-18)27(37)16-6-7-16)28(38)36(23-9-8-17(31-2)10-32-23)14-21(24)19-4-3-5-22(29)25(19)30;1-2/h3-5,8-11,16,18,21,31H,6-7,12-14H2,1-2H3,(H,33,34);1-2H3/t21-;/m1./s1. The van der Waals surface area contributed by atoms with Crippen molar-refractivity contribution in [1.82, 2.24) is 14.9 Å². The van der Waals surface area contributed by atoms with E-state index in [-0.39, 0.29) is 35.3 Å². The second-order valence-electron chi connectivity index (χ2n) is 10.2. The summed E-state index contributed by atoms with van der Waals surface area (Å²) < 4.78 is 15.4. The highest BCUT2D eigenvalue weighted by molar-refractivity contribution is 6.30. The summed E-state index contributed by atoms with van der Waals surface area (Å²) in [5, 5.41) is 6.49. The van der Waals surface area contributed by atoms with Gasteiger partial charge in [0.1, 0.15) is 17.5 Å². The molecule has 1 aromatic carbocycles. The van der Waals surface area contributed by atoms with Gasteiger partial charge in [0.05, 0.1) is 28.5 Å². The number of anilines is 3. The third-order valence-electron chi connectivity index (χ3n) is 7.69. The predicted octanol–water partition coefficient (Wildman–Crippen LogP) is 5.47. The molecule has 1 atom stereocenters. The summed E-state index contributed by atoms with van der Waals surface area (Å²) >= 11 is 6.18. The molecule has 0 spiro atoms. The fraction of sp³-hybridized carbons (Fsp3) is 0.400. The Kier molecular flexibility index (Phi) is 7.94. The molecule has 3 aliphatic rings. The van der Waals surface area contributed by atoms with Crippen LogP contribution in [0, 0.1) is 18.7 Å². The molecule has 0 radical (unpaired) electrons. The number of fused-ring (bicyclic) bond motifs is 1. The molecule has 10 heteroatoms. The third kappa shape index (κ3) is 5.10. The van der Waals surface area contributed by atoms with Crippen LogP contribution in [0.4, 0.5) is 21.7 Å². The van der Waals surface area contributed by atoms with Crippen LogP contribution >= 0.6 is 11.6 Å². The average molecular weight is 565 g/mol. The van der Waals surface area contributed by atoms with Crippen LogP contribution in [-0.4, -0.2) is 59.4 Å². The van der Waals surface area contributed by atoms with Crippen LogP contribution in [0.2, 0.25) is 5.02 Å². The van der Waals surface area contributed by atoms with E-state index in [1.54, 1.807) is 42.5 Å². The molecule has 2 aromatic heterocycles. The molecule has 1 saturated carbocycles. The maximum atomic E-state index is 15.4. The monoisotopic (exact) mass is 564 g/mol. The highest BCUT2D eigenvalue weighted by Crippen LogP contribution is 2.41. The highest BCUT2D eigenvalue weighted by Gasteiger charge is 2.41. The number of aromatic nitrogens is 2. The van der Waals surface area contributed by atoms with E-state index in [2.05, 4.69) is 20.6 Å². The molecule has 2 N–H and O–H groups in total. The molecule has 2 aliphatic heterocycles. The van der Waals surface area contributed by atoms with Crippen LogP contribution in [0.5, 0.6) is 0 Å². The van der Waals surface area contributed by atoms with E-state index in [1.807, 2.05) is 31.7 Å². The Morgan fingerprint density at radius 2 is 1.82 bits per heavy atom. The number of amides is 2. The number of benzene rings is 1. The van der Waals surface area contributed by atoms with E-state index in [0.717, 1.165) is 29.7 Å². The number of nitrogens with one attached hydrogen (secondary N) is 2. The molecular weight excluding hydrogens is 531 g/mol. The first kappa shape index (κ1) is 27.8. The van der Waals surface area contributed by atoms with Crippen molar-refractivity contribution in [3.8, 4) is 0 Å². The number of likely N-dealkylation sites (tertiary alicyclic amines) is 1. The first-order valence-electron chi connectivity index (χ1n) is 13.8. The quantitative estimate of drug-likeness (QED) is 0.412. The summed E-state index contributed by atoms with van der Waals surface area (Å²) in [5.41, 5.74) is 3.14. The Hall–Kier alpha value is -3.72. The lowest BCUT2D eigenvalue weighted by Crippen LogP contribution is -2.57. The van der Waals surface area contributed by atoms with Gasteiger partial charge in [-0.2, -0.15) is 0 Å². The lowest BCUT2D eigenvalue weighted by molar-refractivity contribution is -0.136. The van der Waals surface area contributed by atoms with Crippen molar-refractivity contribution in [3.05, 3.63) is 75.8 Å². The SMILES string of the molecule is CC.CNc1ccc(N2C[C@H](c3cccc(Cl)c3F)c3c(cnc(NC4CN(C(=O)C5CC5)C4)c3C)C2=O)nc1. The lowest BCUT2D eigenvalue weighted by Gasteiger charge is -2.41. The average Bonchev–Trinajstić information content (AvgIpc) is 3.80. The minimum atomic E-state index is -0.503. The second-order valence-corrected chi connectivity index (χ2v) is 10.6. The van der Waals surface area contributed by atoms with Crippen LogP contribution in [0.3, 0.4) is 0 Å². The molecule has 210 valence electrons. The van der Waals surface area contributed by atoms with E-state index in [0.29, 0.717) is 35.9 Å². The molecule has 0 unspecified atom stereocenters. The van der Waals surface area contributed by atoms with Crippen molar-refractivity contribution in [2.24, 2.45) is 5.92 Å². The molecule has 2 fully saturated rings. The fourth-order valence-corrected chi connectivity index (χ4v) is 5.54. The van der Waals surface area contributed by atoms with E-state index < -0.39 is 11.7 Å². The zero-order chi connectivity index (χ0) is 28.6. The van der Waals surface area contributed by atoms with Crippen molar-refractivity contribution in [2.45, 2.75) is 45.6 Å². The van der Waals surface area contributed by atoms with Gasteiger partial charge in [0.2, 0.25) is 5.91 Å². The molecule has 6 rings (SSSR count). The summed E-state index contributed by atoms with van der Waals surface area (Å²) in [7, 11) is 1.79.